The minimum absolute atomic E-state index is 0.0547. The maximum absolute atomic E-state index is 8.69. The highest BCUT2D eigenvalue weighted by Gasteiger charge is 2.03. The van der Waals surface area contributed by atoms with Crippen molar-refractivity contribution in [1.82, 2.24) is 5.32 Å². The molecule has 110 valence electrons. The summed E-state index contributed by atoms with van der Waals surface area (Å²) in [5.41, 5.74) is 2.88. The Hall–Kier alpha value is -1.32. The molecule has 0 spiro atoms. The first-order valence-electron chi connectivity index (χ1n) is 7.60. The van der Waals surface area contributed by atoms with Gasteiger partial charge >= 0.3 is 0 Å². The molecule has 0 unspecified atom stereocenters. The van der Waals surface area contributed by atoms with Gasteiger partial charge in [0.2, 0.25) is 0 Å². The molecule has 0 bridgehead atoms. The third kappa shape index (κ3) is 5.35. The Morgan fingerprint density at radius 2 is 2.00 bits per heavy atom. The van der Waals surface area contributed by atoms with E-state index in [1.807, 2.05) is 12.1 Å². The van der Waals surface area contributed by atoms with E-state index in [9.17, 15) is 0 Å². The second-order valence-corrected chi connectivity index (χ2v) is 5.25. The third-order valence-corrected chi connectivity index (χ3v) is 3.62. The smallest absolute Gasteiger partial charge is 0.119 e. The fourth-order valence-electron chi connectivity index (χ4n) is 2.48. The first kappa shape index (κ1) is 15.1. The normalized spacial score (nSPS) is 14.9. The molecular weight excluding hydrogens is 250 g/mol. The van der Waals surface area contributed by atoms with Crippen LogP contribution in [0.3, 0.4) is 0 Å². The predicted octanol–water partition coefficient (Wildman–Crippen LogP) is 3.04. The molecule has 0 heterocycles. The Bertz CT molecular complexity index is 412. The van der Waals surface area contributed by atoms with E-state index in [0.717, 1.165) is 18.8 Å². The van der Waals surface area contributed by atoms with Crippen LogP contribution in [0.1, 0.15) is 37.7 Å². The Labute approximate surface area is 121 Å². The summed E-state index contributed by atoms with van der Waals surface area (Å²) >= 11 is 0. The number of ether oxygens (including phenoxy) is 1. The summed E-state index contributed by atoms with van der Waals surface area (Å²) in [5, 5.41) is 12.2. The number of aliphatic hydroxyl groups is 1. The van der Waals surface area contributed by atoms with Gasteiger partial charge in [-0.15, -0.1) is 0 Å². The Morgan fingerprint density at radius 3 is 2.70 bits per heavy atom. The maximum Gasteiger partial charge on any atom is 0.119 e. The summed E-state index contributed by atoms with van der Waals surface area (Å²) in [4.78, 5) is 0. The molecule has 1 aromatic carbocycles. The largest absolute Gasteiger partial charge is 0.491 e. The van der Waals surface area contributed by atoms with E-state index in [1.54, 1.807) is 5.57 Å². The van der Waals surface area contributed by atoms with Crippen LogP contribution in [0.15, 0.2) is 35.9 Å². The summed E-state index contributed by atoms with van der Waals surface area (Å²) in [5.74, 6) is 0.815. The van der Waals surface area contributed by atoms with E-state index in [0.29, 0.717) is 6.61 Å². The molecule has 0 fully saturated rings. The van der Waals surface area contributed by atoms with Gasteiger partial charge in [-0.1, -0.05) is 23.8 Å². The van der Waals surface area contributed by atoms with Gasteiger partial charge in [-0.2, -0.15) is 0 Å². The summed E-state index contributed by atoms with van der Waals surface area (Å²) in [6.45, 7) is 2.36. The Morgan fingerprint density at radius 1 is 1.15 bits per heavy atom. The number of benzene rings is 1. The van der Waals surface area contributed by atoms with Crippen molar-refractivity contribution < 1.29 is 9.84 Å². The standard InChI is InChI=1S/C17H25NO2/c19-12-13-20-17-8-6-16(7-9-17)14-18-11-10-15-4-2-1-3-5-15/h4,6-9,18-19H,1-3,5,10-14H2. The third-order valence-electron chi connectivity index (χ3n) is 3.62. The highest BCUT2D eigenvalue weighted by Crippen LogP contribution is 2.19. The van der Waals surface area contributed by atoms with Crippen LogP contribution in [0, 0.1) is 0 Å². The van der Waals surface area contributed by atoms with Crippen molar-refractivity contribution in [2.24, 2.45) is 0 Å². The van der Waals surface area contributed by atoms with E-state index in [2.05, 4.69) is 23.5 Å². The highest BCUT2D eigenvalue weighted by molar-refractivity contribution is 5.27. The lowest BCUT2D eigenvalue weighted by molar-refractivity contribution is 0.201. The minimum atomic E-state index is 0.0547. The molecule has 0 atom stereocenters. The van der Waals surface area contributed by atoms with Crippen LogP contribution in [0.4, 0.5) is 0 Å². The summed E-state index contributed by atoms with van der Waals surface area (Å²) in [6.07, 6.45) is 8.88. The lowest BCUT2D eigenvalue weighted by atomic mass is 9.97. The van der Waals surface area contributed by atoms with Gasteiger partial charge in [-0.3, -0.25) is 0 Å². The van der Waals surface area contributed by atoms with E-state index < -0.39 is 0 Å². The van der Waals surface area contributed by atoms with Crippen molar-refractivity contribution in [2.75, 3.05) is 19.8 Å². The van der Waals surface area contributed by atoms with Crippen molar-refractivity contribution in [3.8, 4) is 5.75 Å². The quantitative estimate of drug-likeness (QED) is 0.566. The van der Waals surface area contributed by atoms with Crippen molar-refractivity contribution in [1.29, 1.82) is 0 Å². The number of rotatable bonds is 8. The van der Waals surface area contributed by atoms with Crippen LogP contribution in [-0.2, 0) is 6.54 Å². The molecule has 0 saturated heterocycles. The molecule has 0 radical (unpaired) electrons. The van der Waals surface area contributed by atoms with Crippen molar-refractivity contribution in [2.45, 2.75) is 38.6 Å². The van der Waals surface area contributed by atoms with Crippen LogP contribution in [0.25, 0.3) is 0 Å². The molecule has 1 aromatic rings. The maximum atomic E-state index is 8.69. The SMILES string of the molecule is OCCOc1ccc(CNCCC2=CCCCC2)cc1. The zero-order chi connectivity index (χ0) is 14.0. The summed E-state index contributed by atoms with van der Waals surface area (Å²) in [6, 6.07) is 8.05. The van der Waals surface area contributed by atoms with Crippen LogP contribution in [-0.4, -0.2) is 24.9 Å². The molecule has 0 aliphatic heterocycles. The molecule has 3 nitrogen and oxygen atoms in total. The van der Waals surface area contributed by atoms with Gasteiger partial charge in [0.05, 0.1) is 6.61 Å². The van der Waals surface area contributed by atoms with Gasteiger partial charge in [0.1, 0.15) is 12.4 Å². The van der Waals surface area contributed by atoms with Crippen LogP contribution in [0.2, 0.25) is 0 Å². The van der Waals surface area contributed by atoms with E-state index in [4.69, 9.17) is 9.84 Å². The second-order valence-electron chi connectivity index (χ2n) is 5.25. The number of nitrogens with one attached hydrogen (secondary N) is 1. The van der Waals surface area contributed by atoms with Gasteiger partial charge in [0.25, 0.3) is 0 Å². The average Bonchev–Trinajstić information content (AvgIpc) is 2.52. The van der Waals surface area contributed by atoms with Crippen molar-refractivity contribution in [3.63, 3.8) is 0 Å². The van der Waals surface area contributed by atoms with Gasteiger partial charge in [0, 0.05) is 6.54 Å². The average molecular weight is 275 g/mol. The van der Waals surface area contributed by atoms with Crippen LogP contribution >= 0.6 is 0 Å². The minimum Gasteiger partial charge on any atom is -0.491 e. The van der Waals surface area contributed by atoms with Gasteiger partial charge < -0.3 is 15.2 Å². The molecule has 3 heteroatoms. The lowest BCUT2D eigenvalue weighted by Gasteiger charge is -2.13. The first-order chi connectivity index (χ1) is 9.88. The van der Waals surface area contributed by atoms with Crippen LogP contribution < -0.4 is 10.1 Å². The van der Waals surface area contributed by atoms with Gasteiger partial charge in [-0.05, 0) is 56.3 Å². The molecule has 2 N–H and O–H groups in total. The molecule has 0 aromatic heterocycles. The number of hydrogen-bond acceptors (Lipinski definition) is 3. The summed E-state index contributed by atoms with van der Waals surface area (Å²) in [7, 11) is 0. The molecular formula is C17H25NO2. The number of hydrogen-bond donors (Lipinski definition) is 2. The zero-order valence-electron chi connectivity index (χ0n) is 12.1. The van der Waals surface area contributed by atoms with Crippen molar-refractivity contribution in [3.05, 3.63) is 41.5 Å². The summed E-state index contributed by atoms with van der Waals surface area (Å²) < 4.78 is 5.34. The molecule has 0 amide bonds. The first-order valence-corrected chi connectivity index (χ1v) is 7.60. The molecule has 0 saturated carbocycles. The van der Waals surface area contributed by atoms with Crippen molar-refractivity contribution >= 4 is 0 Å². The Kier molecular flexibility index (Phi) is 6.61. The topological polar surface area (TPSA) is 41.5 Å². The zero-order valence-corrected chi connectivity index (χ0v) is 12.1. The molecule has 1 aliphatic carbocycles. The van der Waals surface area contributed by atoms with Gasteiger partial charge in [0.15, 0.2) is 0 Å². The fraction of sp³-hybridized carbons (Fsp3) is 0.529. The molecule has 1 aliphatic rings. The number of allylic oxidation sites excluding steroid dienone is 1. The van der Waals surface area contributed by atoms with E-state index >= 15 is 0 Å². The fourth-order valence-corrected chi connectivity index (χ4v) is 2.48. The molecule has 20 heavy (non-hydrogen) atoms. The monoisotopic (exact) mass is 275 g/mol. The lowest BCUT2D eigenvalue weighted by Crippen LogP contribution is -2.15. The molecule has 2 rings (SSSR count). The Balaban J connectivity index is 1.64. The van der Waals surface area contributed by atoms with Crippen LogP contribution in [0.5, 0.6) is 5.75 Å². The number of aliphatic hydroxyl groups excluding tert-OH is 1. The van der Waals surface area contributed by atoms with Gasteiger partial charge in [-0.25, -0.2) is 0 Å². The second kappa shape index (κ2) is 8.77. The highest BCUT2D eigenvalue weighted by atomic mass is 16.5. The van der Waals surface area contributed by atoms with E-state index in [1.165, 1.54) is 37.7 Å². The predicted molar refractivity (Wildman–Crippen MR) is 81.9 cm³/mol. The van der Waals surface area contributed by atoms with E-state index in [-0.39, 0.29) is 6.61 Å².